The standard InChI is InChI=1S/C21H28N4O4S.Na/c1-21(2,27)12-15-11-18(23-25(15)3)30(28,29)24-20(26)22-19-16-8-4-6-13(16)10-14-7-5-9-17(14)19;/h10-11,27H,4-9,12H2,1-3H3,(H2,22,24,26);. The molecule has 10 heteroatoms. The van der Waals surface area contributed by atoms with Crippen LogP contribution in [-0.4, -0.2) is 64.5 Å². The monoisotopic (exact) mass is 455 g/mol. The van der Waals surface area contributed by atoms with E-state index >= 15 is 0 Å². The normalized spacial score (nSPS) is 15.2. The number of aryl methyl sites for hydroxylation is 3. The Labute approximate surface area is 205 Å². The summed E-state index contributed by atoms with van der Waals surface area (Å²) in [5.41, 5.74) is 5.12. The molecule has 0 saturated heterocycles. The molecule has 0 atom stereocenters. The summed E-state index contributed by atoms with van der Waals surface area (Å²) in [7, 11) is -2.53. The predicted octanol–water partition coefficient (Wildman–Crippen LogP) is 1.84. The van der Waals surface area contributed by atoms with Crippen molar-refractivity contribution in [1.82, 2.24) is 14.5 Å². The summed E-state index contributed by atoms with van der Waals surface area (Å²) in [6.45, 7) is 3.27. The minimum atomic E-state index is -4.14. The minimum absolute atomic E-state index is 0. The Hall–Kier alpha value is -1.39. The number of urea groups is 1. The van der Waals surface area contributed by atoms with Gasteiger partial charge >= 0.3 is 6.03 Å². The third-order valence-electron chi connectivity index (χ3n) is 5.78. The van der Waals surface area contributed by atoms with Gasteiger partial charge in [-0.15, -0.1) is 0 Å². The molecule has 0 saturated carbocycles. The van der Waals surface area contributed by atoms with Crippen LogP contribution in [0.25, 0.3) is 0 Å². The van der Waals surface area contributed by atoms with Gasteiger partial charge in [0, 0.05) is 60.5 Å². The van der Waals surface area contributed by atoms with Crippen molar-refractivity contribution >= 4 is 51.3 Å². The topological polar surface area (TPSA) is 113 Å². The van der Waals surface area contributed by atoms with E-state index in [4.69, 9.17) is 0 Å². The van der Waals surface area contributed by atoms with Crippen molar-refractivity contribution in [2.75, 3.05) is 5.32 Å². The molecule has 0 aliphatic heterocycles. The molecule has 2 aromatic rings. The molecule has 2 aliphatic rings. The van der Waals surface area contributed by atoms with Crippen LogP contribution >= 0.6 is 0 Å². The van der Waals surface area contributed by atoms with Crippen LogP contribution < -0.4 is 10.0 Å². The van der Waals surface area contributed by atoms with Gasteiger partial charge in [0.15, 0.2) is 5.03 Å². The first-order chi connectivity index (χ1) is 14.0. The van der Waals surface area contributed by atoms with E-state index in [1.54, 1.807) is 20.9 Å². The van der Waals surface area contributed by atoms with E-state index in [0.717, 1.165) is 55.3 Å². The summed E-state index contributed by atoms with van der Waals surface area (Å²) in [6.07, 6.45) is 6.11. The quantitative estimate of drug-likeness (QED) is 0.596. The van der Waals surface area contributed by atoms with Gasteiger partial charge in [0.1, 0.15) is 0 Å². The van der Waals surface area contributed by atoms with Crippen molar-refractivity contribution in [3.8, 4) is 0 Å². The molecule has 0 bridgehead atoms. The van der Waals surface area contributed by atoms with Crippen molar-refractivity contribution in [2.45, 2.75) is 69.4 Å². The molecule has 3 N–H and O–H groups in total. The predicted molar refractivity (Wildman–Crippen MR) is 119 cm³/mol. The molecule has 0 spiro atoms. The molecule has 2 amide bonds. The average molecular weight is 456 g/mol. The Morgan fingerprint density at radius 1 is 1.13 bits per heavy atom. The van der Waals surface area contributed by atoms with E-state index in [1.807, 2.05) is 0 Å². The van der Waals surface area contributed by atoms with Crippen LogP contribution in [0.2, 0.25) is 0 Å². The fourth-order valence-corrected chi connectivity index (χ4v) is 5.42. The second-order valence-corrected chi connectivity index (χ2v) is 10.5. The largest absolute Gasteiger partial charge is 0.390 e. The van der Waals surface area contributed by atoms with Crippen LogP contribution in [0.1, 0.15) is 54.6 Å². The second kappa shape index (κ2) is 8.86. The van der Waals surface area contributed by atoms with Gasteiger partial charge in [0.25, 0.3) is 10.0 Å². The summed E-state index contributed by atoms with van der Waals surface area (Å²) in [5.74, 6) is 0. The van der Waals surface area contributed by atoms with E-state index in [9.17, 15) is 18.3 Å². The molecule has 1 radical (unpaired) electrons. The van der Waals surface area contributed by atoms with Crippen LogP contribution in [0.15, 0.2) is 17.2 Å². The number of hydrogen-bond acceptors (Lipinski definition) is 5. The smallest absolute Gasteiger partial charge is 0.333 e. The number of hydrogen-bond donors (Lipinski definition) is 3. The summed E-state index contributed by atoms with van der Waals surface area (Å²) >= 11 is 0. The van der Waals surface area contributed by atoms with Gasteiger partial charge in [-0.05, 0) is 74.6 Å². The number of carbonyl (C=O) groups is 1. The number of fused-ring (bicyclic) bond motifs is 2. The van der Waals surface area contributed by atoms with Gasteiger partial charge in [-0.25, -0.2) is 9.52 Å². The first-order valence-corrected chi connectivity index (χ1v) is 11.8. The molecule has 0 fully saturated rings. The van der Waals surface area contributed by atoms with Crippen molar-refractivity contribution in [1.29, 1.82) is 0 Å². The molecule has 8 nitrogen and oxygen atoms in total. The number of nitrogens with zero attached hydrogens (tertiary/aromatic N) is 2. The van der Waals surface area contributed by atoms with E-state index in [-0.39, 0.29) is 41.0 Å². The first kappa shape index (κ1) is 24.3. The third-order valence-corrected chi connectivity index (χ3v) is 6.99. The molecule has 4 rings (SSSR count). The zero-order valence-electron chi connectivity index (χ0n) is 18.6. The minimum Gasteiger partial charge on any atom is -0.390 e. The van der Waals surface area contributed by atoms with Gasteiger partial charge < -0.3 is 10.4 Å². The number of nitrogens with one attached hydrogen (secondary N) is 2. The third kappa shape index (κ3) is 5.17. The van der Waals surface area contributed by atoms with E-state index in [1.165, 1.54) is 21.9 Å². The molecule has 1 aromatic carbocycles. The fraction of sp³-hybridized carbons (Fsp3) is 0.524. The van der Waals surface area contributed by atoms with Crippen molar-refractivity contribution in [2.24, 2.45) is 7.05 Å². The van der Waals surface area contributed by atoms with Gasteiger partial charge in [-0.1, -0.05) is 6.07 Å². The van der Waals surface area contributed by atoms with Crippen LogP contribution in [0.3, 0.4) is 0 Å². The number of carbonyl (C=O) groups excluding carboxylic acids is 1. The van der Waals surface area contributed by atoms with Gasteiger partial charge in [-0.2, -0.15) is 13.5 Å². The first-order valence-electron chi connectivity index (χ1n) is 10.3. The zero-order valence-corrected chi connectivity index (χ0v) is 21.4. The number of aliphatic hydroxyl groups is 1. The van der Waals surface area contributed by atoms with Crippen LogP contribution in [0.5, 0.6) is 0 Å². The second-order valence-electron chi connectivity index (χ2n) is 8.88. The van der Waals surface area contributed by atoms with Gasteiger partial charge in [-0.3, -0.25) is 4.68 Å². The number of rotatable bonds is 5. The molecule has 1 heterocycles. The summed E-state index contributed by atoms with van der Waals surface area (Å²) < 4.78 is 28.9. The van der Waals surface area contributed by atoms with Crippen LogP contribution in [0.4, 0.5) is 10.5 Å². The van der Waals surface area contributed by atoms with Crippen molar-refractivity contribution < 1.29 is 18.3 Å². The Balaban J connectivity index is 0.00000272. The number of anilines is 1. The van der Waals surface area contributed by atoms with E-state index < -0.39 is 21.7 Å². The summed E-state index contributed by atoms with van der Waals surface area (Å²) in [5, 5.41) is 16.6. The Morgan fingerprint density at radius 3 is 2.26 bits per heavy atom. The van der Waals surface area contributed by atoms with E-state index in [0.29, 0.717) is 5.69 Å². The summed E-state index contributed by atoms with van der Waals surface area (Å²) in [4.78, 5) is 12.6. The van der Waals surface area contributed by atoms with Crippen molar-refractivity contribution in [3.05, 3.63) is 40.1 Å². The maximum atomic E-state index is 12.7. The molecule has 1 aromatic heterocycles. The van der Waals surface area contributed by atoms with Crippen LogP contribution in [-0.2, 0) is 49.2 Å². The Bertz CT molecular complexity index is 1090. The number of benzene rings is 1. The SMILES string of the molecule is Cn1nc(S(=O)(=O)NC(=O)Nc2c3c(cc4c2CCC4)CCC3)cc1CC(C)(C)O.[Na]. The average Bonchev–Trinajstić information content (AvgIpc) is 3.33. The van der Waals surface area contributed by atoms with Gasteiger partial charge in [0.2, 0.25) is 0 Å². The molecule has 31 heavy (non-hydrogen) atoms. The van der Waals surface area contributed by atoms with E-state index in [2.05, 4.69) is 21.2 Å². The number of amides is 2. The Kier molecular flexibility index (Phi) is 6.93. The van der Waals surface area contributed by atoms with Crippen molar-refractivity contribution in [3.63, 3.8) is 0 Å². The Morgan fingerprint density at radius 2 is 1.71 bits per heavy atom. The molecule has 0 unspecified atom stereocenters. The molecular weight excluding hydrogens is 427 g/mol. The zero-order chi connectivity index (χ0) is 21.7. The molecule has 2 aliphatic carbocycles. The maximum Gasteiger partial charge on any atom is 0.333 e. The fourth-order valence-electron chi connectivity index (χ4n) is 4.50. The number of aromatic nitrogens is 2. The van der Waals surface area contributed by atoms with Crippen LogP contribution in [0, 0.1) is 0 Å². The number of sulfonamides is 1. The molecule has 163 valence electrons. The molecular formula is C21H28N4NaO4S. The van der Waals surface area contributed by atoms with Gasteiger partial charge in [0.05, 0.1) is 5.60 Å². The maximum absolute atomic E-state index is 12.7. The summed E-state index contributed by atoms with van der Waals surface area (Å²) in [6, 6.07) is 2.85.